The summed E-state index contributed by atoms with van der Waals surface area (Å²) in [5.74, 6) is 0. The molecule has 97 heavy (non-hydrogen) atoms. The Morgan fingerprint density at radius 3 is 0.856 bits per heavy atom. The van der Waals surface area contributed by atoms with Gasteiger partial charge in [-0.2, -0.15) is 0 Å². The van der Waals surface area contributed by atoms with Crippen LogP contribution in [-0.2, 0) is 66.1 Å². The topological polar surface area (TPSA) is 15.5 Å². The van der Waals surface area contributed by atoms with Crippen LogP contribution in [0.2, 0.25) is 0 Å². The summed E-state index contributed by atoms with van der Waals surface area (Å²) in [4.78, 5) is 0. The molecular formula is C93H138N4+4. The van der Waals surface area contributed by atoms with Gasteiger partial charge in [-0.05, 0) is 220 Å². The average Bonchev–Trinajstić information content (AvgIpc) is 0.773. The van der Waals surface area contributed by atoms with E-state index in [2.05, 4.69) is 343 Å². The highest BCUT2D eigenvalue weighted by Gasteiger charge is 2.38. The van der Waals surface area contributed by atoms with Crippen LogP contribution < -0.4 is 18.3 Å². The molecule has 0 amide bonds. The Hall–Kier alpha value is -6.52. The van der Waals surface area contributed by atoms with E-state index in [1.807, 2.05) is 19.1 Å². The van der Waals surface area contributed by atoms with Gasteiger partial charge < -0.3 is 0 Å². The second-order valence-corrected chi connectivity index (χ2v) is 32.9. The van der Waals surface area contributed by atoms with Crippen molar-refractivity contribution in [2.45, 2.75) is 296 Å². The number of rotatable bonds is 20. The summed E-state index contributed by atoms with van der Waals surface area (Å²) in [6.07, 6.45) is 19.6. The minimum atomic E-state index is -2.07. The van der Waals surface area contributed by atoms with Crippen LogP contribution in [-0.4, -0.2) is 0 Å². The van der Waals surface area contributed by atoms with Gasteiger partial charge in [-0.25, -0.2) is 18.3 Å². The number of pyridine rings is 4. The fourth-order valence-electron chi connectivity index (χ4n) is 13.9. The molecule has 0 saturated carbocycles. The zero-order valence-corrected chi connectivity index (χ0v) is 67.8. The van der Waals surface area contributed by atoms with Crippen LogP contribution in [0.25, 0.3) is 45.0 Å². The molecule has 4 aromatic heterocycles. The van der Waals surface area contributed by atoms with Crippen molar-refractivity contribution < 1.29 is 22.4 Å². The molecule has 0 saturated heterocycles. The lowest BCUT2D eigenvalue weighted by Gasteiger charge is -2.34. The van der Waals surface area contributed by atoms with Crippen molar-refractivity contribution >= 4 is 0 Å². The van der Waals surface area contributed by atoms with E-state index in [4.69, 9.17) is 4.11 Å². The third kappa shape index (κ3) is 18.5. The van der Waals surface area contributed by atoms with E-state index in [9.17, 15) is 0 Å². The first-order chi connectivity index (χ1) is 46.3. The highest BCUT2D eigenvalue weighted by molar-refractivity contribution is 5.66. The maximum absolute atomic E-state index is 7.70. The van der Waals surface area contributed by atoms with Crippen molar-refractivity contribution in [3.8, 4) is 45.0 Å². The SMILES string of the molecule is CCC(C)(C)c1c[n+](C)c(-c2ccc(C)cc2C)cc1C.CCC(C)(C)c1cc(-c2ccc(C)cc2C)[n+](C)cc1C(C)(CC)CC.CCC(C)(C)c1cc(-c2ccccc2C)[n+](C)cc1C(C)(C)CC.[2H]C([2H])([2H])c1ccc(-c2cc(C(C)(C)CC)c(C(C)(CC)CC)c[n+]2C)c(C)c1. The maximum atomic E-state index is 7.70. The van der Waals surface area contributed by atoms with E-state index in [1.165, 1.54) is 119 Å². The van der Waals surface area contributed by atoms with Crippen LogP contribution in [0.4, 0.5) is 0 Å². The number of hydrogen-bond donors (Lipinski definition) is 0. The Morgan fingerprint density at radius 1 is 0.268 bits per heavy atom. The van der Waals surface area contributed by atoms with Gasteiger partial charge in [0, 0.05) is 72.9 Å². The van der Waals surface area contributed by atoms with Gasteiger partial charge in [0.05, 0.1) is 0 Å². The Bertz CT molecular complexity index is 4100. The molecule has 0 aliphatic carbocycles. The van der Waals surface area contributed by atoms with E-state index < -0.39 is 6.85 Å². The molecule has 0 N–H and O–H groups in total. The summed E-state index contributed by atoms with van der Waals surface area (Å²) in [6.45, 7) is 62.1. The van der Waals surface area contributed by atoms with Gasteiger partial charge in [-0.15, -0.1) is 0 Å². The molecule has 0 radical (unpaired) electrons. The predicted octanol–water partition coefficient (Wildman–Crippen LogP) is 23.8. The summed E-state index contributed by atoms with van der Waals surface area (Å²) in [6, 6.07) is 37.3. The van der Waals surface area contributed by atoms with E-state index in [1.54, 1.807) is 6.07 Å². The summed E-state index contributed by atoms with van der Waals surface area (Å²) < 4.78 is 32.2. The van der Waals surface area contributed by atoms with Crippen molar-refractivity contribution in [1.82, 2.24) is 0 Å². The molecule has 8 aromatic rings. The quantitative estimate of drug-likeness (QED) is 0.0676. The van der Waals surface area contributed by atoms with Crippen molar-refractivity contribution in [2.75, 3.05) is 0 Å². The first-order valence-corrected chi connectivity index (χ1v) is 37.3. The maximum Gasteiger partial charge on any atom is 0.212 e. The van der Waals surface area contributed by atoms with E-state index >= 15 is 0 Å². The predicted molar refractivity (Wildman–Crippen MR) is 423 cm³/mol. The molecule has 0 aliphatic rings. The minimum Gasteiger partial charge on any atom is -0.201 e. The van der Waals surface area contributed by atoms with Crippen molar-refractivity contribution in [3.05, 3.63) is 211 Å². The first-order valence-electron chi connectivity index (χ1n) is 38.8. The smallest absolute Gasteiger partial charge is 0.201 e. The van der Waals surface area contributed by atoms with Crippen LogP contribution in [0.3, 0.4) is 0 Å². The molecule has 4 aromatic carbocycles. The number of aromatic nitrogens is 4. The number of nitrogens with zero attached hydrogens (tertiary/aromatic N) is 4. The molecule has 4 heteroatoms. The Morgan fingerprint density at radius 2 is 0.536 bits per heavy atom. The Balaban J connectivity index is 0.000000242. The molecule has 0 unspecified atom stereocenters. The van der Waals surface area contributed by atoms with Crippen LogP contribution in [0.5, 0.6) is 0 Å². The van der Waals surface area contributed by atoms with Gasteiger partial charge in [0.1, 0.15) is 28.2 Å². The van der Waals surface area contributed by atoms with Crippen LogP contribution in [0.1, 0.15) is 291 Å². The van der Waals surface area contributed by atoms with Gasteiger partial charge >= 0.3 is 0 Å². The van der Waals surface area contributed by atoms with E-state index in [0.717, 1.165) is 61.8 Å². The summed E-state index contributed by atoms with van der Waals surface area (Å²) in [5.41, 5.74) is 31.0. The Kier molecular flexibility index (Phi) is 25.7. The molecule has 0 aliphatic heterocycles. The Labute approximate surface area is 600 Å². The second kappa shape index (κ2) is 32.6. The van der Waals surface area contributed by atoms with Crippen LogP contribution >= 0.6 is 0 Å². The molecule has 0 bridgehead atoms. The van der Waals surface area contributed by atoms with Crippen molar-refractivity contribution in [3.63, 3.8) is 0 Å². The molecule has 8 rings (SSSR count). The number of benzene rings is 4. The van der Waals surface area contributed by atoms with Crippen LogP contribution in [0, 0.1) is 55.3 Å². The fourth-order valence-corrected chi connectivity index (χ4v) is 13.9. The standard InChI is InChI=1S/2C25H38N.C23H34N.C20H28N/c2*1-10-24(6,7)21-16-23(20-14-13-18(4)15-19(20)5)26(9)17-22(21)25(8,11-2)12-3;1-9-22(4,5)19-15-21(18-14-12-11-13-17(18)3)24(8)16-20(19)23(6,7)10-2;1-8-20(5,6)18-13-21(7)19(12-16(18)4)17-10-9-14(2)11-15(17)3/h2*13-17H,10-12H2,1-9H3;11-16H,9-10H2,1-8H3;9-13H,8H2,1-7H3/q4*+1/i4D3;;;. The third-order valence-corrected chi connectivity index (χ3v) is 24.0. The lowest BCUT2D eigenvalue weighted by Crippen LogP contribution is -2.37. The molecule has 0 spiro atoms. The molecule has 4 nitrogen and oxygen atoms in total. The van der Waals surface area contributed by atoms with Crippen molar-refractivity contribution in [1.29, 1.82) is 0 Å². The molecule has 0 atom stereocenters. The monoisotopic (exact) mass is 1310 g/mol. The first kappa shape index (κ1) is 76.2. The zero-order valence-electron chi connectivity index (χ0n) is 70.8. The largest absolute Gasteiger partial charge is 0.212 e. The lowest BCUT2D eigenvalue weighted by molar-refractivity contribution is -0.661. The van der Waals surface area contributed by atoms with Gasteiger partial charge in [-0.1, -0.05) is 217 Å². The number of aryl methyl sites for hydroxylation is 12. The van der Waals surface area contributed by atoms with Gasteiger partial charge in [-0.3, -0.25) is 0 Å². The van der Waals surface area contributed by atoms with Gasteiger partial charge in [0.2, 0.25) is 22.8 Å². The number of hydrogen-bond acceptors (Lipinski definition) is 0. The summed E-state index contributed by atoms with van der Waals surface area (Å²) in [5, 5.41) is 0. The van der Waals surface area contributed by atoms with E-state index in [0.29, 0.717) is 5.56 Å². The van der Waals surface area contributed by atoms with Crippen LogP contribution in [0.15, 0.2) is 128 Å². The van der Waals surface area contributed by atoms with Crippen molar-refractivity contribution in [2.24, 2.45) is 28.2 Å². The zero-order chi connectivity index (χ0) is 75.8. The molecule has 4 heterocycles. The molecule has 526 valence electrons. The highest BCUT2D eigenvalue weighted by Crippen LogP contribution is 2.44. The summed E-state index contributed by atoms with van der Waals surface area (Å²) in [7, 11) is 8.64. The second-order valence-electron chi connectivity index (χ2n) is 32.9. The molecule has 0 fully saturated rings. The summed E-state index contributed by atoms with van der Waals surface area (Å²) >= 11 is 0. The fraction of sp³-hybridized carbons (Fsp3) is 0.527. The van der Waals surface area contributed by atoms with E-state index in [-0.39, 0.29) is 37.9 Å². The van der Waals surface area contributed by atoms with Gasteiger partial charge in [0.25, 0.3) is 0 Å². The van der Waals surface area contributed by atoms with Gasteiger partial charge in [0.15, 0.2) is 24.8 Å². The minimum absolute atomic E-state index is 0.0660. The third-order valence-electron chi connectivity index (χ3n) is 24.0. The normalized spacial score (nSPS) is 12.9. The molecular weight excluding hydrogens is 1170 g/mol. The highest BCUT2D eigenvalue weighted by atomic mass is 14.9. The lowest BCUT2D eigenvalue weighted by atomic mass is 9.70. The average molecular weight is 1320 g/mol.